The van der Waals surface area contributed by atoms with Gasteiger partial charge in [-0.1, -0.05) is 6.92 Å². The first-order valence-corrected chi connectivity index (χ1v) is 7.66. The maximum Gasteiger partial charge on any atom is 0.146 e. The molecular weight excluding hydrogens is 274 g/mol. The summed E-state index contributed by atoms with van der Waals surface area (Å²) in [5.41, 5.74) is 6.41. The predicted octanol–water partition coefficient (Wildman–Crippen LogP) is 3.77. The number of hydrogen-bond donors (Lipinski definition) is 2. The zero-order valence-corrected chi connectivity index (χ0v) is 12.8. The van der Waals surface area contributed by atoms with Crippen molar-refractivity contribution in [3.05, 3.63) is 64.6 Å². The molecule has 0 spiro atoms. The van der Waals surface area contributed by atoms with Crippen molar-refractivity contribution in [1.82, 2.24) is 9.97 Å². The van der Waals surface area contributed by atoms with Crippen LogP contribution in [-0.4, -0.2) is 22.8 Å². The number of nitrogens with one attached hydrogen (secondary N) is 2. The number of rotatable bonds is 1. The molecule has 0 saturated carbocycles. The van der Waals surface area contributed by atoms with E-state index in [0.29, 0.717) is 5.92 Å². The fraction of sp³-hybridized carbons (Fsp3) is 0.278. The molecular formula is C18H19N3O. The van der Waals surface area contributed by atoms with E-state index < -0.39 is 0 Å². The van der Waals surface area contributed by atoms with Gasteiger partial charge in [0.2, 0.25) is 0 Å². The summed E-state index contributed by atoms with van der Waals surface area (Å²) in [6, 6.07) is 8.52. The number of aryl methyl sites for hydroxylation is 1. The van der Waals surface area contributed by atoms with Crippen LogP contribution in [0.25, 0.3) is 6.08 Å². The Kier molecular flexibility index (Phi) is 3.03. The number of aromatic amines is 2. The summed E-state index contributed by atoms with van der Waals surface area (Å²) in [5.74, 6) is 1.29. The maximum atomic E-state index is 5.47. The summed E-state index contributed by atoms with van der Waals surface area (Å²) in [5, 5.41) is 0. The van der Waals surface area contributed by atoms with Crippen molar-refractivity contribution in [2.24, 2.45) is 4.99 Å². The molecule has 4 heteroatoms. The molecule has 0 aliphatic carbocycles. The van der Waals surface area contributed by atoms with Gasteiger partial charge >= 0.3 is 0 Å². The normalized spacial score (nSPS) is 22.6. The number of fused-ring (bicyclic) bond motifs is 6. The standard InChI is InChI=1S/C18H19N3O/c1-11-3-4-12-5-6-13(19-12)9-17-18(22-2)10-16(21-17)15-8-7-14(11)20-15/h5-11,19-20H,3-4H2,1-2H3/b17-9+. The molecule has 2 aromatic heterocycles. The molecule has 0 amide bonds. The second-order valence-electron chi connectivity index (χ2n) is 5.95. The first-order valence-electron chi connectivity index (χ1n) is 7.66. The minimum atomic E-state index is 0.488. The molecule has 2 aliphatic rings. The number of aliphatic imine (C=N–C) groups is 1. The Labute approximate surface area is 129 Å². The van der Waals surface area contributed by atoms with Crippen LogP contribution in [0.3, 0.4) is 0 Å². The van der Waals surface area contributed by atoms with Gasteiger partial charge in [-0.25, -0.2) is 4.99 Å². The van der Waals surface area contributed by atoms with E-state index in [0.717, 1.165) is 41.4 Å². The number of allylic oxidation sites excluding steroid dienone is 1. The van der Waals surface area contributed by atoms with E-state index in [1.165, 1.54) is 11.4 Å². The third kappa shape index (κ3) is 2.21. The van der Waals surface area contributed by atoms with Crippen LogP contribution in [0.15, 0.2) is 46.8 Å². The van der Waals surface area contributed by atoms with Crippen molar-refractivity contribution in [2.45, 2.75) is 25.7 Å². The number of aromatic nitrogens is 2. The topological polar surface area (TPSA) is 53.2 Å². The largest absolute Gasteiger partial charge is 0.494 e. The van der Waals surface area contributed by atoms with Crippen LogP contribution in [0.5, 0.6) is 0 Å². The lowest BCUT2D eigenvalue weighted by Crippen LogP contribution is -2.00. The average Bonchev–Trinajstić information content (AvgIpc) is 3.23. The lowest BCUT2D eigenvalue weighted by atomic mass is 10.0. The summed E-state index contributed by atoms with van der Waals surface area (Å²) < 4.78 is 5.47. The third-order valence-electron chi connectivity index (χ3n) is 4.40. The Morgan fingerprint density at radius 1 is 1.14 bits per heavy atom. The molecule has 4 rings (SSSR count). The second-order valence-corrected chi connectivity index (χ2v) is 5.95. The Balaban J connectivity index is 1.85. The molecule has 2 N–H and O–H groups in total. The van der Waals surface area contributed by atoms with Gasteiger partial charge in [0.25, 0.3) is 0 Å². The van der Waals surface area contributed by atoms with E-state index in [1.807, 2.05) is 12.2 Å². The SMILES string of the molecule is COC1=CC2=N/C1=C/c1ccc([nH]1)CCC(C)c1ccc2[nH]1. The van der Waals surface area contributed by atoms with Gasteiger partial charge in [-0.2, -0.15) is 0 Å². The zero-order valence-electron chi connectivity index (χ0n) is 12.8. The highest BCUT2D eigenvalue weighted by molar-refractivity contribution is 6.11. The Morgan fingerprint density at radius 3 is 2.91 bits per heavy atom. The molecule has 0 saturated heterocycles. The van der Waals surface area contributed by atoms with Crippen LogP contribution >= 0.6 is 0 Å². The molecule has 2 aromatic rings. The monoisotopic (exact) mass is 293 g/mol. The summed E-state index contributed by atoms with van der Waals surface area (Å²) in [7, 11) is 1.68. The van der Waals surface area contributed by atoms with Gasteiger partial charge in [-0.3, -0.25) is 0 Å². The molecule has 22 heavy (non-hydrogen) atoms. The fourth-order valence-corrected chi connectivity index (χ4v) is 3.03. The molecule has 1 unspecified atom stereocenters. The molecule has 4 heterocycles. The van der Waals surface area contributed by atoms with Crippen molar-refractivity contribution in [3.8, 4) is 0 Å². The summed E-state index contributed by atoms with van der Waals surface area (Å²) in [6.07, 6.45) is 6.18. The molecule has 2 aliphatic heterocycles. The zero-order chi connectivity index (χ0) is 15.1. The summed E-state index contributed by atoms with van der Waals surface area (Å²) >= 11 is 0. The first kappa shape index (κ1) is 13.2. The molecule has 4 nitrogen and oxygen atoms in total. The second kappa shape index (κ2) is 5.05. The lowest BCUT2D eigenvalue weighted by molar-refractivity contribution is 0.303. The summed E-state index contributed by atoms with van der Waals surface area (Å²) in [6.45, 7) is 2.26. The van der Waals surface area contributed by atoms with E-state index in [-0.39, 0.29) is 0 Å². The smallest absolute Gasteiger partial charge is 0.146 e. The number of methoxy groups -OCH3 is 1. The van der Waals surface area contributed by atoms with E-state index in [9.17, 15) is 0 Å². The highest BCUT2D eigenvalue weighted by Crippen LogP contribution is 2.27. The molecule has 1 atom stereocenters. The van der Waals surface area contributed by atoms with E-state index >= 15 is 0 Å². The van der Waals surface area contributed by atoms with Crippen molar-refractivity contribution in [3.63, 3.8) is 0 Å². The number of hydrogen-bond acceptors (Lipinski definition) is 2. The Bertz CT molecular complexity index is 804. The van der Waals surface area contributed by atoms with Gasteiger partial charge in [-0.15, -0.1) is 0 Å². The number of ether oxygens (including phenoxy) is 1. The van der Waals surface area contributed by atoms with Crippen LogP contribution in [0.1, 0.15) is 42.0 Å². The molecule has 0 aromatic carbocycles. The van der Waals surface area contributed by atoms with Gasteiger partial charge in [0.05, 0.1) is 18.5 Å². The Hall–Kier alpha value is -2.49. The van der Waals surface area contributed by atoms with E-state index in [2.05, 4.69) is 41.2 Å². The predicted molar refractivity (Wildman–Crippen MR) is 87.9 cm³/mol. The van der Waals surface area contributed by atoms with Crippen LogP contribution in [0, 0.1) is 0 Å². The minimum absolute atomic E-state index is 0.488. The molecule has 112 valence electrons. The number of H-pyrrole nitrogens is 2. The third-order valence-corrected chi connectivity index (χ3v) is 4.40. The number of nitrogens with zero attached hydrogens (tertiary/aromatic N) is 1. The first-order chi connectivity index (χ1) is 10.7. The quantitative estimate of drug-likeness (QED) is 0.826. The van der Waals surface area contributed by atoms with Crippen LogP contribution in [-0.2, 0) is 11.2 Å². The van der Waals surface area contributed by atoms with Gasteiger partial charge in [0, 0.05) is 23.2 Å². The van der Waals surface area contributed by atoms with Crippen LogP contribution < -0.4 is 0 Å². The van der Waals surface area contributed by atoms with Gasteiger partial charge in [-0.05, 0) is 49.1 Å². The fourth-order valence-electron chi connectivity index (χ4n) is 3.03. The van der Waals surface area contributed by atoms with Gasteiger partial charge in [0.15, 0.2) is 0 Å². The van der Waals surface area contributed by atoms with Crippen LogP contribution in [0.4, 0.5) is 0 Å². The van der Waals surface area contributed by atoms with Gasteiger partial charge in [0.1, 0.15) is 11.5 Å². The molecule has 6 bridgehead atoms. The van der Waals surface area contributed by atoms with Crippen molar-refractivity contribution < 1.29 is 4.74 Å². The van der Waals surface area contributed by atoms with Crippen molar-refractivity contribution in [2.75, 3.05) is 7.11 Å². The van der Waals surface area contributed by atoms with Gasteiger partial charge < -0.3 is 14.7 Å². The maximum absolute atomic E-state index is 5.47. The lowest BCUT2D eigenvalue weighted by Gasteiger charge is -2.09. The van der Waals surface area contributed by atoms with Crippen molar-refractivity contribution >= 4 is 11.8 Å². The van der Waals surface area contributed by atoms with Crippen LogP contribution in [0.2, 0.25) is 0 Å². The average molecular weight is 293 g/mol. The van der Waals surface area contributed by atoms with Crippen molar-refractivity contribution in [1.29, 1.82) is 0 Å². The summed E-state index contributed by atoms with van der Waals surface area (Å²) in [4.78, 5) is 11.7. The van der Waals surface area contributed by atoms with E-state index in [4.69, 9.17) is 9.73 Å². The Morgan fingerprint density at radius 2 is 2.05 bits per heavy atom. The molecule has 0 fully saturated rings. The highest BCUT2D eigenvalue weighted by atomic mass is 16.5. The van der Waals surface area contributed by atoms with E-state index in [1.54, 1.807) is 7.11 Å². The minimum Gasteiger partial charge on any atom is -0.494 e. The highest BCUT2D eigenvalue weighted by Gasteiger charge is 2.19. The molecule has 0 radical (unpaired) electrons.